The molecule has 6 nitrogen and oxygen atoms in total. The van der Waals surface area contributed by atoms with Crippen molar-refractivity contribution in [2.24, 2.45) is 5.92 Å². The van der Waals surface area contributed by atoms with Crippen LogP contribution in [0.2, 0.25) is 0 Å². The highest BCUT2D eigenvalue weighted by atomic mass is 16.4. The van der Waals surface area contributed by atoms with Gasteiger partial charge < -0.3 is 14.9 Å². The van der Waals surface area contributed by atoms with Crippen LogP contribution in [0.3, 0.4) is 0 Å². The first kappa shape index (κ1) is 14.3. The normalized spacial score (nSPS) is 20.3. The van der Waals surface area contributed by atoms with Crippen LogP contribution < -0.4 is 0 Å². The zero-order valence-electron chi connectivity index (χ0n) is 10.8. The summed E-state index contributed by atoms with van der Waals surface area (Å²) in [7, 11) is 0. The molecule has 6 heteroatoms. The van der Waals surface area contributed by atoms with Crippen LogP contribution in [0.15, 0.2) is 0 Å². The topological polar surface area (TPSA) is 84.6 Å². The van der Waals surface area contributed by atoms with E-state index in [0.29, 0.717) is 32.5 Å². The van der Waals surface area contributed by atoms with Crippen LogP contribution in [0.1, 0.15) is 26.7 Å². The number of nitrogens with zero attached hydrogens (tertiary/aromatic N) is 3. The van der Waals surface area contributed by atoms with Crippen molar-refractivity contribution in [2.45, 2.75) is 32.7 Å². The number of rotatable bonds is 4. The second-order valence-electron chi connectivity index (χ2n) is 4.54. The van der Waals surface area contributed by atoms with Gasteiger partial charge in [-0.05, 0) is 26.7 Å². The van der Waals surface area contributed by atoms with Gasteiger partial charge in [-0.25, -0.2) is 9.59 Å². The minimum absolute atomic E-state index is 0.250. The molecule has 2 amide bonds. The van der Waals surface area contributed by atoms with Crippen LogP contribution >= 0.6 is 0 Å². The third-order valence-electron chi connectivity index (χ3n) is 3.15. The van der Waals surface area contributed by atoms with Crippen LogP contribution in [0, 0.1) is 17.2 Å². The summed E-state index contributed by atoms with van der Waals surface area (Å²) in [6, 6.07) is 1.09. The zero-order valence-corrected chi connectivity index (χ0v) is 10.8. The van der Waals surface area contributed by atoms with Crippen molar-refractivity contribution >= 4 is 12.0 Å². The third-order valence-corrected chi connectivity index (χ3v) is 3.15. The molecule has 1 fully saturated rings. The first-order chi connectivity index (χ1) is 8.51. The molecule has 0 aromatic carbocycles. The zero-order chi connectivity index (χ0) is 13.7. The summed E-state index contributed by atoms with van der Waals surface area (Å²) < 4.78 is 0. The molecule has 1 saturated heterocycles. The molecular formula is C12H19N3O3. The van der Waals surface area contributed by atoms with Gasteiger partial charge in [-0.15, -0.1) is 0 Å². The molecule has 100 valence electrons. The van der Waals surface area contributed by atoms with E-state index < -0.39 is 12.0 Å². The van der Waals surface area contributed by atoms with Crippen molar-refractivity contribution in [2.75, 3.05) is 19.6 Å². The summed E-state index contributed by atoms with van der Waals surface area (Å²) in [6.07, 6.45) is 1.22. The fourth-order valence-corrected chi connectivity index (χ4v) is 2.15. The lowest BCUT2D eigenvalue weighted by atomic mass is 10.2. The predicted molar refractivity (Wildman–Crippen MR) is 64.8 cm³/mol. The van der Waals surface area contributed by atoms with Gasteiger partial charge in [-0.3, -0.25) is 0 Å². The van der Waals surface area contributed by atoms with Crippen LogP contribution in [-0.2, 0) is 4.79 Å². The standard InChI is InChI=1S/C12H19N3O3/c1-3-14(8-9(2)7-13)12(18)15-6-4-5-10(15)11(16)17/h9-10H,3-6,8H2,1-2H3,(H,16,17)/t9?,10-/m1/s1. The van der Waals surface area contributed by atoms with Gasteiger partial charge in [0, 0.05) is 19.6 Å². The number of amides is 2. The smallest absolute Gasteiger partial charge is 0.326 e. The summed E-state index contributed by atoms with van der Waals surface area (Å²) >= 11 is 0. The number of carbonyl (C=O) groups is 2. The van der Waals surface area contributed by atoms with E-state index in [2.05, 4.69) is 6.07 Å². The molecule has 18 heavy (non-hydrogen) atoms. The van der Waals surface area contributed by atoms with E-state index in [1.54, 1.807) is 6.92 Å². The fourth-order valence-electron chi connectivity index (χ4n) is 2.15. The Morgan fingerprint density at radius 3 is 2.78 bits per heavy atom. The molecule has 0 radical (unpaired) electrons. The predicted octanol–water partition coefficient (Wildman–Crippen LogP) is 1.14. The van der Waals surface area contributed by atoms with Gasteiger partial charge in [-0.1, -0.05) is 0 Å². The number of hydrogen-bond donors (Lipinski definition) is 1. The van der Waals surface area contributed by atoms with Crippen LogP contribution in [0.4, 0.5) is 4.79 Å². The molecule has 0 aromatic heterocycles. The number of carboxylic acid groups (broad SMARTS) is 1. The maximum atomic E-state index is 12.2. The average molecular weight is 253 g/mol. The number of likely N-dealkylation sites (tertiary alicyclic amines) is 1. The average Bonchev–Trinajstić information content (AvgIpc) is 2.83. The van der Waals surface area contributed by atoms with Gasteiger partial charge in [0.15, 0.2) is 0 Å². The number of nitriles is 1. The Kier molecular flexibility index (Phi) is 4.95. The fraction of sp³-hybridized carbons (Fsp3) is 0.750. The molecule has 1 aliphatic rings. The van der Waals surface area contributed by atoms with Crippen molar-refractivity contribution in [3.8, 4) is 6.07 Å². The van der Waals surface area contributed by atoms with Crippen molar-refractivity contribution in [1.29, 1.82) is 5.26 Å². The van der Waals surface area contributed by atoms with Crippen molar-refractivity contribution in [1.82, 2.24) is 9.80 Å². The number of carbonyl (C=O) groups excluding carboxylic acids is 1. The number of carboxylic acids is 1. The molecule has 0 aromatic rings. The van der Waals surface area contributed by atoms with E-state index in [9.17, 15) is 9.59 Å². The highest BCUT2D eigenvalue weighted by Crippen LogP contribution is 2.19. The highest BCUT2D eigenvalue weighted by molar-refractivity contribution is 5.83. The van der Waals surface area contributed by atoms with E-state index in [4.69, 9.17) is 10.4 Å². The number of aliphatic carboxylic acids is 1. The van der Waals surface area contributed by atoms with Gasteiger partial charge in [0.25, 0.3) is 0 Å². The van der Waals surface area contributed by atoms with E-state index >= 15 is 0 Å². The molecule has 1 N–H and O–H groups in total. The molecule has 0 spiro atoms. The maximum absolute atomic E-state index is 12.2. The van der Waals surface area contributed by atoms with Crippen molar-refractivity contribution in [3.05, 3.63) is 0 Å². The van der Waals surface area contributed by atoms with Gasteiger partial charge in [0.1, 0.15) is 6.04 Å². The lowest BCUT2D eigenvalue weighted by Gasteiger charge is -2.30. The number of urea groups is 1. The second-order valence-corrected chi connectivity index (χ2v) is 4.54. The molecular weight excluding hydrogens is 234 g/mol. The summed E-state index contributed by atoms with van der Waals surface area (Å²) in [4.78, 5) is 26.2. The summed E-state index contributed by atoms with van der Waals surface area (Å²) in [5.74, 6) is -1.20. The largest absolute Gasteiger partial charge is 0.480 e. The van der Waals surface area contributed by atoms with Gasteiger partial charge in [-0.2, -0.15) is 5.26 Å². The van der Waals surface area contributed by atoms with Gasteiger partial charge in [0.2, 0.25) is 0 Å². The second kappa shape index (κ2) is 6.24. The van der Waals surface area contributed by atoms with Crippen LogP contribution in [0.5, 0.6) is 0 Å². The first-order valence-electron chi connectivity index (χ1n) is 6.19. The SMILES string of the molecule is CCN(CC(C)C#N)C(=O)N1CCC[C@@H]1C(=O)O. The maximum Gasteiger partial charge on any atom is 0.326 e. The van der Waals surface area contributed by atoms with Gasteiger partial charge in [0.05, 0.1) is 12.0 Å². The summed E-state index contributed by atoms with van der Waals surface area (Å²) in [5.41, 5.74) is 0. The van der Waals surface area contributed by atoms with Crippen molar-refractivity contribution < 1.29 is 14.7 Å². The van der Waals surface area contributed by atoms with Gasteiger partial charge >= 0.3 is 12.0 Å². The van der Waals surface area contributed by atoms with Crippen LogP contribution in [0.25, 0.3) is 0 Å². The lowest BCUT2D eigenvalue weighted by Crippen LogP contribution is -2.49. The summed E-state index contributed by atoms with van der Waals surface area (Å²) in [6.45, 7) is 4.87. The van der Waals surface area contributed by atoms with Crippen LogP contribution in [-0.4, -0.2) is 52.6 Å². The highest BCUT2D eigenvalue weighted by Gasteiger charge is 2.36. The molecule has 1 aliphatic heterocycles. The van der Waals surface area contributed by atoms with E-state index in [-0.39, 0.29) is 11.9 Å². The molecule has 0 saturated carbocycles. The van der Waals surface area contributed by atoms with E-state index in [1.807, 2.05) is 6.92 Å². The first-order valence-corrected chi connectivity index (χ1v) is 6.19. The Hall–Kier alpha value is -1.77. The Morgan fingerprint density at radius 1 is 1.61 bits per heavy atom. The van der Waals surface area contributed by atoms with E-state index in [0.717, 1.165) is 0 Å². The lowest BCUT2D eigenvalue weighted by molar-refractivity contribution is -0.141. The number of hydrogen-bond acceptors (Lipinski definition) is 3. The monoisotopic (exact) mass is 253 g/mol. The Bertz CT molecular complexity index is 364. The van der Waals surface area contributed by atoms with E-state index in [1.165, 1.54) is 9.80 Å². The molecule has 1 heterocycles. The molecule has 0 bridgehead atoms. The van der Waals surface area contributed by atoms with Crippen molar-refractivity contribution in [3.63, 3.8) is 0 Å². The molecule has 1 unspecified atom stereocenters. The minimum atomic E-state index is -0.953. The minimum Gasteiger partial charge on any atom is -0.480 e. The quantitative estimate of drug-likeness (QED) is 0.814. The Labute approximate surface area is 107 Å². The molecule has 1 rings (SSSR count). The Balaban J connectivity index is 2.72. The summed E-state index contributed by atoms with van der Waals surface area (Å²) in [5, 5.41) is 17.8. The Morgan fingerprint density at radius 2 is 2.28 bits per heavy atom. The molecule has 2 atom stereocenters. The molecule has 0 aliphatic carbocycles. The third kappa shape index (κ3) is 3.13.